The third-order valence-electron chi connectivity index (χ3n) is 6.86. The molecule has 24 heavy (non-hydrogen) atoms. The van der Waals surface area contributed by atoms with Crippen molar-refractivity contribution in [1.29, 1.82) is 0 Å². The first kappa shape index (κ1) is 16.4. The van der Waals surface area contributed by atoms with E-state index in [0.717, 1.165) is 38.5 Å². The van der Waals surface area contributed by atoms with E-state index in [1.54, 1.807) is 6.07 Å². The summed E-state index contributed by atoms with van der Waals surface area (Å²) >= 11 is 0. The topological polar surface area (TPSA) is 89.6 Å². The molecule has 0 saturated heterocycles. The molecule has 0 aromatic heterocycles. The van der Waals surface area contributed by atoms with Gasteiger partial charge in [-0.25, -0.2) is 0 Å². The fraction of sp³-hybridized carbons (Fsp3) is 0.667. The highest BCUT2D eigenvalue weighted by Crippen LogP contribution is 2.60. The third-order valence-corrected chi connectivity index (χ3v) is 7.29. The summed E-state index contributed by atoms with van der Waals surface area (Å²) in [5.41, 5.74) is 2.59. The van der Waals surface area contributed by atoms with Crippen molar-refractivity contribution in [2.45, 2.75) is 57.5 Å². The van der Waals surface area contributed by atoms with Crippen molar-refractivity contribution in [1.82, 2.24) is 0 Å². The summed E-state index contributed by atoms with van der Waals surface area (Å²) in [6, 6.07) is 5.55. The first-order valence-electron chi connectivity index (χ1n) is 8.81. The molecule has 4 rings (SSSR count). The van der Waals surface area contributed by atoms with E-state index in [-0.39, 0.29) is 11.5 Å². The van der Waals surface area contributed by atoms with E-state index in [0.29, 0.717) is 23.5 Å². The number of aliphatic hydroxyl groups is 1. The zero-order valence-corrected chi connectivity index (χ0v) is 14.8. The molecule has 1 aromatic carbocycles. The maximum Gasteiger partial charge on any atom is 0.380 e. The van der Waals surface area contributed by atoms with Crippen molar-refractivity contribution in [3.05, 3.63) is 29.3 Å². The second kappa shape index (κ2) is 5.44. The summed E-state index contributed by atoms with van der Waals surface area (Å²) < 4.78 is 27.1. The molecular weight excluding hydrogens is 326 g/mol. The van der Waals surface area contributed by atoms with Crippen LogP contribution in [-0.2, 0) is 16.7 Å². The zero-order chi connectivity index (χ0) is 17.1. The Morgan fingerprint density at radius 2 is 2.04 bits per heavy atom. The minimum atomic E-state index is -3.98. The third kappa shape index (κ3) is 2.55. The van der Waals surface area contributed by atoms with Gasteiger partial charge in [-0.1, -0.05) is 13.0 Å². The van der Waals surface area contributed by atoms with Crippen molar-refractivity contribution in [3.8, 4) is 5.75 Å². The Kier molecular flexibility index (Phi) is 3.71. The Morgan fingerprint density at radius 3 is 2.79 bits per heavy atom. The highest BCUT2D eigenvalue weighted by Gasteiger charge is 2.54. The zero-order valence-electron chi connectivity index (χ0n) is 13.9. The molecule has 3 aliphatic rings. The Labute approximate surface area is 143 Å². The lowest BCUT2D eigenvalue weighted by Gasteiger charge is -2.50. The van der Waals surface area contributed by atoms with Gasteiger partial charge in [-0.3, -0.25) is 0 Å². The van der Waals surface area contributed by atoms with Crippen LogP contribution in [0.1, 0.15) is 56.1 Å². The average Bonchev–Trinajstić information content (AvgIpc) is 2.81. The Balaban J connectivity index is 1.63. The van der Waals surface area contributed by atoms with E-state index in [2.05, 4.69) is 6.92 Å². The minimum Gasteiger partial charge on any atom is -0.393 e. The Hall–Kier alpha value is -1.11. The number of aryl methyl sites for hydroxylation is 1. The van der Waals surface area contributed by atoms with Crippen LogP contribution in [0.4, 0.5) is 0 Å². The lowest BCUT2D eigenvalue weighted by atomic mass is 9.55. The minimum absolute atomic E-state index is 0.0787. The normalized spacial score (nSPS) is 38.1. The van der Waals surface area contributed by atoms with Crippen LogP contribution in [-0.4, -0.2) is 19.6 Å². The van der Waals surface area contributed by atoms with Gasteiger partial charge >= 0.3 is 10.3 Å². The van der Waals surface area contributed by atoms with Crippen LogP contribution in [0, 0.1) is 17.3 Å². The highest BCUT2D eigenvalue weighted by molar-refractivity contribution is 7.84. The number of hydrogen-bond donors (Lipinski definition) is 2. The number of fused-ring (bicyclic) bond motifs is 5. The van der Waals surface area contributed by atoms with Gasteiger partial charge in [-0.15, -0.1) is 0 Å². The second-order valence-corrected chi connectivity index (χ2v) is 9.14. The van der Waals surface area contributed by atoms with Gasteiger partial charge in [-0.05, 0) is 85.0 Å². The first-order chi connectivity index (χ1) is 11.3. The van der Waals surface area contributed by atoms with Gasteiger partial charge < -0.3 is 9.29 Å². The van der Waals surface area contributed by atoms with Gasteiger partial charge in [0.25, 0.3) is 0 Å². The van der Waals surface area contributed by atoms with Crippen LogP contribution in [0.15, 0.2) is 18.2 Å². The molecule has 5 nitrogen and oxygen atoms in total. The predicted molar refractivity (Wildman–Crippen MR) is 90.8 cm³/mol. The molecule has 2 saturated carbocycles. The maximum absolute atomic E-state index is 11.1. The molecule has 132 valence electrons. The number of aliphatic hydroxyl groups excluding tert-OH is 1. The van der Waals surface area contributed by atoms with E-state index in [9.17, 15) is 13.5 Å². The summed E-state index contributed by atoms with van der Waals surface area (Å²) in [6.45, 7) is 2.27. The summed E-state index contributed by atoms with van der Waals surface area (Å²) in [5.74, 6) is 2.03. The molecule has 6 heteroatoms. The SMILES string of the molecule is C[C@]12CC[C@@H]3c4ccc(OS(N)(=O)=O)cc4CC[C@H]3[C@@H]1CC[C@@H]2O. The molecule has 5 atom stereocenters. The fourth-order valence-corrected chi connectivity index (χ4v) is 6.09. The summed E-state index contributed by atoms with van der Waals surface area (Å²) in [6.07, 6.45) is 6.09. The monoisotopic (exact) mass is 351 g/mol. The van der Waals surface area contributed by atoms with Gasteiger partial charge in [-0.2, -0.15) is 13.6 Å². The number of nitrogens with two attached hydrogens (primary N) is 1. The molecule has 0 spiro atoms. The lowest BCUT2D eigenvalue weighted by molar-refractivity contribution is -0.0226. The highest BCUT2D eigenvalue weighted by atomic mass is 32.2. The average molecular weight is 351 g/mol. The van der Waals surface area contributed by atoms with Gasteiger partial charge in [0.05, 0.1) is 6.10 Å². The molecule has 2 fully saturated rings. The Bertz CT molecular complexity index is 762. The first-order valence-corrected chi connectivity index (χ1v) is 10.3. The number of hydrogen-bond acceptors (Lipinski definition) is 4. The van der Waals surface area contributed by atoms with E-state index in [1.165, 1.54) is 11.1 Å². The molecule has 0 aliphatic heterocycles. The number of benzene rings is 1. The molecule has 0 radical (unpaired) electrons. The molecule has 1 aromatic rings. The molecule has 3 N–H and O–H groups in total. The maximum atomic E-state index is 11.1. The quantitative estimate of drug-likeness (QED) is 0.856. The largest absolute Gasteiger partial charge is 0.393 e. The van der Waals surface area contributed by atoms with Crippen molar-refractivity contribution in [3.63, 3.8) is 0 Å². The molecule has 3 aliphatic carbocycles. The van der Waals surface area contributed by atoms with Crippen molar-refractivity contribution in [2.24, 2.45) is 22.4 Å². The van der Waals surface area contributed by atoms with Crippen molar-refractivity contribution in [2.75, 3.05) is 0 Å². The van der Waals surface area contributed by atoms with Gasteiger partial charge in [0.2, 0.25) is 0 Å². The lowest BCUT2D eigenvalue weighted by Crippen LogP contribution is -2.43. The second-order valence-electron chi connectivity index (χ2n) is 7.99. The Morgan fingerprint density at radius 1 is 1.25 bits per heavy atom. The van der Waals surface area contributed by atoms with E-state index >= 15 is 0 Å². The fourth-order valence-electron chi connectivity index (χ4n) is 5.72. The molecule has 0 bridgehead atoms. The van der Waals surface area contributed by atoms with Crippen LogP contribution in [0.25, 0.3) is 0 Å². The summed E-state index contributed by atoms with van der Waals surface area (Å²) in [7, 11) is -3.98. The van der Waals surface area contributed by atoms with Crippen LogP contribution >= 0.6 is 0 Å². The van der Waals surface area contributed by atoms with Gasteiger partial charge in [0.15, 0.2) is 0 Å². The van der Waals surface area contributed by atoms with Crippen LogP contribution in [0.3, 0.4) is 0 Å². The smallest absolute Gasteiger partial charge is 0.380 e. The van der Waals surface area contributed by atoms with Crippen LogP contribution in [0.5, 0.6) is 5.75 Å². The van der Waals surface area contributed by atoms with Crippen molar-refractivity contribution >= 4 is 10.3 Å². The molecular formula is C18H25NO4S. The summed E-state index contributed by atoms with van der Waals surface area (Å²) in [5, 5.41) is 15.4. The number of rotatable bonds is 2. The van der Waals surface area contributed by atoms with Crippen LogP contribution < -0.4 is 9.32 Å². The van der Waals surface area contributed by atoms with Crippen LogP contribution in [0.2, 0.25) is 0 Å². The molecule has 0 heterocycles. The van der Waals surface area contributed by atoms with E-state index < -0.39 is 10.3 Å². The van der Waals surface area contributed by atoms with Crippen molar-refractivity contribution < 1.29 is 17.7 Å². The summed E-state index contributed by atoms with van der Waals surface area (Å²) in [4.78, 5) is 0. The van der Waals surface area contributed by atoms with E-state index in [4.69, 9.17) is 9.32 Å². The molecule has 0 unspecified atom stereocenters. The van der Waals surface area contributed by atoms with Gasteiger partial charge in [0, 0.05) is 0 Å². The molecule has 0 amide bonds. The van der Waals surface area contributed by atoms with E-state index in [1.807, 2.05) is 12.1 Å². The standard InChI is InChI=1S/C18H25NO4S/c1-18-9-8-14-13-5-3-12(23-24(19,21)22)10-11(13)2-4-15(14)16(18)6-7-17(18)20/h3,5,10,14-17,20H,2,4,6-9H2,1H3,(H2,19,21,22)/t14-,15-,16+,17+,18+/m1/s1. The predicted octanol–water partition coefficient (Wildman–Crippen LogP) is 2.49. The van der Waals surface area contributed by atoms with Gasteiger partial charge in [0.1, 0.15) is 5.75 Å².